The van der Waals surface area contributed by atoms with E-state index in [1.165, 1.54) is 0 Å². The summed E-state index contributed by atoms with van der Waals surface area (Å²) < 4.78 is 24.4. The molecule has 94 valence electrons. The zero-order valence-corrected chi connectivity index (χ0v) is 10.8. The van der Waals surface area contributed by atoms with Crippen LogP contribution in [0.3, 0.4) is 0 Å². The minimum atomic E-state index is -3.29. The summed E-state index contributed by atoms with van der Waals surface area (Å²) >= 11 is 5.33. The Morgan fingerprint density at radius 3 is 2.71 bits per heavy atom. The second-order valence-corrected chi connectivity index (χ2v) is 5.50. The molecule has 1 aromatic carbocycles. The third kappa shape index (κ3) is 5.55. The predicted octanol–water partition coefficient (Wildman–Crippen LogP) is 0.913. The Hall–Kier alpha value is -1.27. The fourth-order valence-electron chi connectivity index (χ4n) is 1.21. The number of sulfonamides is 1. The normalized spacial score (nSPS) is 10.9. The topological polar surface area (TPSA) is 75.3 Å². The second-order valence-electron chi connectivity index (χ2n) is 3.48. The van der Waals surface area contributed by atoms with Crippen molar-refractivity contribution >= 4 is 33.2 Å². The van der Waals surface area contributed by atoms with E-state index in [4.69, 9.17) is 11.6 Å². The van der Waals surface area contributed by atoms with Gasteiger partial charge in [-0.2, -0.15) is 0 Å². The average Bonchev–Trinajstić information content (AvgIpc) is 2.24. The molecule has 7 heteroatoms. The van der Waals surface area contributed by atoms with Crippen molar-refractivity contribution in [1.82, 2.24) is 5.32 Å². The maximum Gasteiger partial charge on any atom is 0.235 e. The average molecular weight is 277 g/mol. The number of amides is 1. The number of benzene rings is 1. The van der Waals surface area contributed by atoms with Gasteiger partial charge in [-0.3, -0.25) is 9.52 Å². The van der Waals surface area contributed by atoms with Gasteiger partial charge in [0.1, 0.15) is 5.88 Å². The number of hydrogen-bond acceptors (Lipinski definition) is 3. The maximum atomic E-state index is 11.0. The van der Waals surface area contributed by atoms with Gasteiger partial charge in [0.25, 0.3) is 0 Å². The largest absolute Gasteiger partial charge is 0.351 e. The molecule has 1 amide bonds. The summed E-state index contributed by atoms with van der Waals surface area (Å²) in [6.45, 7) is 0.310. The minimum Gasteiger partial charge on any atom is -0.351 e. The van der Waals surface area contributed by atoms with Crippen LogP contribution in [0.4, 0.5) is 5.69 Å². The molecule has 0 saturated heterocycles. The molecule has 1 aromatic rings. The summed E-state index contributed by atoms with van der Waals surface area (Å²) in [6, 6.07) is 6.77. The number of hydrogen-bond donors (Lipinski definition) is 2. The Morgan fingerprint density at radius 1 is 1.41 bits per heavy atom. The molecular formula is C10H13ClN2O3S. The third-order valence-corrected chi connectivity index (χ3v) is 2.69. The first-order chi connectivity index (χ1) is 7.90. The van der Waals surface area contributed by atoms with Gasteiger partial charge < -0.3 is 5.32 Å². The van der Waals surface area contributed by atoms with E-state index in [1.807, 2.05) is 0 Å². The lowest BCUT2D eigenvalue weighted by Gasteiger charge is -2.07. The van der Waals surface area contributed by atoms with Crippen LogP contribution in [-0.4, -0.2) is 26.5 Å². The van der Waals surface area contributed by atoms with Gasteiger partial charge in [0.2, 0.25) is 15.9 Å². The summed E-state index contributed by atoms with van der Waals surface area (Å²) in [5.41, 5.74) is 1.25. The van der Waals surface area contributed by atoms with Crippen molar-refractivity contribution in [2.45, 2.75) is 6.54 Å². The number of alkyl halides is 1. The van der Waals surface area contributed by atoms with Gasteiger partial charge in [-0.15, -0.1) is 11.6 Å². The van der Waals surface area contributed by atoms with E-state index in [-0.39, 0.29) is 11.8 Å². The van der Waals surface area contributed by atoms with Crippen molar-refractivity contribution in [3.63, 3.8) is 0 Å². The van der Waals surface area contributed by atoms with Crippen LogP contribution in [0.2, 0.25) is 0 Å². The van der Waals surface area contributed by atoms with E-state index in [1.54, 1.807) is 24.3 Å². The lowest BCUT2D eigenvalue weighted by Crippen LogP contribution is -2.23. The molecule has 0 fully saturated rings. The van der Waals surface area contributed by atoms with Gasteiger partial charge in [0.05, 0.1) is 6.26 Å². The van der Waals surface area contributed by atoms with Crippen molar-refractivity contribution in [3.05, 3.63) is 29.8 Å². The van der Waals surface area contributed by atoms with Crippen LogP contribution in [0.15, 0.2) is 24.3 Å². The lowest BCUT2D eigenvalue weighted by atomic mass is 10.2. The maximum absolute atomic E-state index is 11.0. The van der Waals surface area contributed by atoms with Gasteiger partial charge in [0, 0.05) is 12.2 Å². The van der Waals surface area contributed by atoms with Gasteiger partial charge in [-0.25, -0.2) is 8.42 Å². The minimum absolute atomic E-state index is 0.0960. The number of rotatable bonds is 5. The SMILES string of the molecule is CS(=O)(=O)Nc1cccc(CNC(=O)CCl)c1. The summed E-state index contributed by atoms with van der Waals surface area (Å²) in [7, 11) is -3.29. The molecule has 0 radical (unpaired) electrons. The highest BCUT2D eigenvalue weighted by Crippen LogP contribution is 2.11. The quantitative estimate of drug-likeness (QED) is 0.785. The molecule has 0 saturated carbocycles. The Kier molecular flexibility index (Phi) is 4.77. The highest BCUT2D eigenvalue weighted by molar-refractivity contribution is 7.92. The molecule has 0 aromatic heterocycles. The predicted molar refractivity (Wildman–Crippen MR) is 67.5 cm³/mol. The fraction of sp³-hybridized carbons (Fsp3) is 0.300. The number of nitrogens with one attached hydrogen (secondary N) is 2. The third-order valence-electron chi connectivity index (χ3n) is 1.84. The van der Waals surface area contributed by atoms with E-state index in [0.29, 0.717) is 12.2 Å². The number of carbonyl (C=O) groups excluding carboxylic acids is 1. The molecule has 0 aliphatic rings. The summed E-state index contributed by atoms with van der Waals surface area (Å²) in [4.78, 5) is 10.9. The summed E-state index contributed by atoms with van der Waals surface area (Å²) in [5, 5.41) is 2.59. The van der Waals surface area contributed by atoms with Crippen LogP contribution in [-0.2, 0) is 21.4 Å². The van der Waals surface area contributed by atoms with Crippen molar-refractivity contribution in [2.24, 2.45) is 0 Å². The van der Waals surface area contributed by atoms with Gasteiger partial charge in [-0.05, 0) is 17.7 Å². The molecule has 0 atom stereocenters. The molecule has 0 bridgehead atoms. The molecule has 2 N–H and O–H groups in total. The Morgan fingerprint density at radius 2 is 2.12 bits per heavy atom. The number of halogens is 1. The van der Waals surface area contributed by atoms with E-state index >= 15 is 0 Å². The molecule has 0 aliphatic heterocycles. The first-order valence-corrected chi connectivity index (χ1v) is 7.23. The molecule has 0 unspecified atom stereocenters. The molecule has 5 nitrogen and oxygen atoms in total. The number of anilines is 1. The number of carbonyl (C=O) groups is 1. The van der Waals surface area contributed by atoms with Crippen LogP contribution in [0.1, 0.15) is 5.56 Å². The van der Waals surface area contributed by atoms with Crippen molar-refractivity contribution in [3.8, 4) is 0 Å². The lowest BCUT2D eigenvalue weighted by molar-refractivity contribution is -0.118. The zero-order chi connectivity index (χ0) is 12.9. The Labute approximate surface area is 105 Å². The van der Waals surface area contributed by atoms with Crippen molar-refractivity contribution in [2.75, 3.05) is 16.9 Å². The van der Waals surface area contributed by atoms with E-state index < -0.39 is 10.0 Å². The highest BCUT2D eigenvalue weighted by atomic mass is 35.5. The summed E-state index contributed by atoms with van der Waals surface area (Å²) in [6.07, 6.45) is 1.08. The van der Waals surface area contributed by atoms with Crippen LogP contribution < -0.4 is 10.0 Å². The van der Waals surface area contributed by atoms with Crippen molar-refractivity contribution in [1.29, 1.82) is 0 Å². The van der Waals surface area contributed by atoms with E-state index in [9.17, 15) is 13.2 Å². The highest BCUT2D eigenvalue weighted by Gasteiger charge is 2.03. The monoisotopic (exact) mass is 276 g/mol. The van der Waals surface area contributed by atoms with E-state index in [0.717, 1.165) is 11.8 Å². The molecule has 0 spiro atoms. The van der Waals surface area contributed by atoms with Gasteiger partial charge in [-0.1, -0.05) is 12.1 Å². The molecule has 1 rings (SSSR count). The Balaban J connectivity index is 2.69. The second kappa shape index (κ2) is 5.88. The molecule has 17 heavy (non-hydrogen) atoms. The van der Waals surface area contributed by atoms with Crippen LogP contribution in [0.5, 0.6) is 0 Å². The van der Waals surface area contributed by atoms with Gasteiger partial charge in [0.15, 0.2) is 0 Å². The van der Waals surface area contributed by atoms with E-state index in [2.05, 4.69) is 10.0 Å². The standard InChI is InChI=1S/C10H13ClN2O3S/c1-17(15,16)13-9-4-2-3-8(5-9)7-12-10(14)6-11/h2-5,13H,6-7H2,1H3,(H,12,14). The first-order valence-electron chi connectivity index (χ1n) is 4.80. The zero-order valence-electron chi connectivity index (χ0n) is 9.23. The Bertz CT molecular complexity index is 502. The summed E-state index contributed by atoms with van der Waals surface area (Å²) in [5.74, 6) is -0.366. The van der Waals surface area contributed by atoms with Crippen LogP contribution in [0.25, 0.3) is 0 Å². The fourth-order valence-corrected chi connectivity index (χ4v) is 1.86. The smallest absolute Gasteiger partial charge is 0.235 e. The molecule has 0 aliphatic carbocycles. The van der Waals surface area contributed by atoms with Crippen molar-refractivity contribution < 1.29 is 13.2 Å². The van der Waals surface area contributed by atoms with Crippen LogP contribution in [0, 0.1) is 0 Å². The first kappa shape index (κ1) is 13.8. The molecule has 0 heterocycles. The molecular weight excluding hydrogens is 264 g/mol. The van der Waals surface area contributed by atoms with Crippen LogP contribution >= 0.6 is 11.6 Å². The van der Waals surface area contributed by atoms with Gasteiger partial charge >= 0.3 is 0 Å².